The van der Waals surface area contributed by atoms with Gasteiger partial charge in [-0.2, -0.15) is 41.5 Å². The molecule has 2 aliphatic rings. The Morgan fingerprint density at radius 2 is 1.15 bits per heavy atom. The molecule has 0 saturated heterocycles. The number of carbonyl (C=O) groups excluding carboxylic acids is 4. The molecule has 0 aliphatic carbocycles. The zero-order valence-corrected chi connectivity index (χ0v) is 44.1. The molecule has 0 saturated carbocycles. The van der Waals surface area contributed by atoms with Crippen LogP contribution in [0.5, 0.6) is 0 Å². The van der Waals surface area contributed by atoms with Crippen LogP contribution in [0.3, 0.4) is 0 Å². The summed E-state index contributed by atoms with van der Waals surface area (Å²) in [5.74, 6) is -1.37. The van der Waals surface area contributed by atoms with Crippen LogP contribution in [0.2, 0.25) is 0 Å². The molecular formula is C48H57F6IN14O6. The van der Waals surface area contributed by atoms with Crippen LogP contribution in [-0.2, 0) is 41.7 Å². The van der Waals surface area contributed by atoms with Gasteiger partial charge in [-0.25, -0.2) is 14.0 Å². The number of hydrogen-bond donors (Lipinski definition) is 2. The Balaban J connectivity index is 0.000000205. The van der Waals surface area contributed by atoms with Gasteiger partial charge in [0.15, 0.2) is 11.3 Å². The highest BCUT2D eigenvalue weighted by Crippen LogP contribution is 2.30. The van der Waals surface area contributed by atoms with E-state index in [9.17, 15) is 45.5 Å². The second-order valence-corrected chi connectivity index (χ2v) is 20.2. The molecule has 20 nitrogen and oxygen atoms in total. The molecule has 0 radical (unpaired) electrons. The van der Waals surface area contributed by atoms with Crippen molar-refractivity contribution < 1.29 is 55.0 Å². The summed E-state index contributed by atoms with van der Waals surface area (Å²) < 4.78 is 91.2. The number of nitrogen functional groups attached to an aromatic ring is 1. The number of fused-ring (bicyclic) bond motifs is 2. The largest absolute Gasteiger partial charge is 0.459 e. The maximum absolute atomic E-state index is 12.4. The SMILES string of the molecule is CC(C)(C)OC(=O)Cn1cc(N)cn1.CC(C)(C)OC(=O)Cn1cc(Nc2nc3c(C4=CCN(C(=O)CCC(F)(F)F)CC4)cccn3n2)cn1.O=C(CCC(F)(F)F)N1CC=C(c2cccn3nc(I)nc23)CC1. The molecule has 2 aliphatic heterocycles. The van der Waals surface area contributed by atoms with Crippen LogP contribution in [0, 0.1) is 3.83 Å². The van der Waals surface area contributed by atoms with Crippen LogP contribution in [-0.4, -0.2) is 132 Å². The molecule has 8 rings (SSSR count). The van der Waals surface area contributed by atoms with Crippen molar-refractivity contribution in [3.05, 3.63) is 88.6 Å². The van der Waals surface area contributed by atoms with Gasteiger partial charge in [-0.15, -0.1) is 10.2 Å². The van der Waals surface area contributed by atoms with Gasteiger partial charge >= 0.3 is 24.3 Å². The van der Waals surface area contributed by atoms with Crippen molar-refractivity contribution in [2.24, 2.45) is 0 Å². The second kappa shape index (κ2) is 24.1. The first kappa shape index (κ1) is 57.2. The number of halogens is 7. The number of amides is 2. The summed E-state index contributed by atoms with van der Waals surface area (Å²) in [4.78, 5) is 59.2. The van der Waals surface area contributed by atoms with Crippen molar-refractivity contribution in [3.63, 3.8) is 0 Å². The number of nitrogens with one attached hydrogen (secondary N) is 1. The zero-order valence-electron chi connectivity index (χ0n) is 42.0. The highest BCUT2D eigenvalue weighted by atomic mass is 127. The number of aromatic nitrogens is 10. The first-order chi connectivity index (χ1) is 35.1. The van der Waals surface area contributed by atoms with E-state index in [0.29, 0.717) is 59.3 Å². The summed E-state index contributed by atoms with van der Waals surface area (Å²) >= 11 is 2.04. The van der Waals surface area contributed by atoms with E-state index in [1.165, 1.54) is 25.4 Å². The fourth-order valence-electron chi connectivity index (χ4n) is 7.56. The van der Waals surface area contributed by atoms with Crippen LogP contribution in [0.25, 0.3) is 22.4 Å². The Hall–Kier alpha value is -7.07. The fraction of sp³-hybridized carbons (Fsp3) is 0.458. The van der Waals surface area contributed by atoms with Crippen molar-refractivity contribution in [1.29, 1.82) is 0 Å². The van der Waals surface area contributed by atoms with Crippen molar-refractivity contribution >= 4 is 86.1 Å². The number of ether oxygens (including phenoxy) is 2. The quantitative estimate of drug-likeness (QED) is 0.0671. The van der Waals surface area contributed by atoms with Crippen molar-refractivity contribution in [3.8, 4) is 0 Å². The highest BCUT2D eigenvalue weighted by molar-refractivity contribution is 14.1. The molecule has 8 heterocycles. The number of rotatable bonds is 12. The molecule has 0 fully saturated rings. The molecule has 0 spiro atoms. The zero-order chi connectivity index (χ0) is 54.9. The van der Waals surface area contributed by atoms with Crippen LogP contribution >= 0.6 is 22.6 Å². The smallest absolute Gasteiger partial charge is 0.389 e. The van der Waals surface area contributed by atoms with Crippen LogP contribution < -0.4 is 11.1 Å². The first-order valence-corrected chi connectivity index (χ1v) is 24.6. The minimum Gasteiger partial charge on any atom is -0.459 e. The lowest BCUT2D eigenvalue weighted by atomic mass is 10.00. The van der Waals surface area contributed by atoms with Crippen molar-refractivity contribution in [2.45, 2.75) is 117 Å². The minimum absolute atomic E-state index is 0.0361. The van der Waals surface area contributed by atoms with Gasteiger partial charge in [0.1, 0.15) is 24.3 Å². The molecule has 0 atom stereocenters. The van der Waals surface area contributed by atoms with E-state index < -0.39 is 67.0 Å². The lowest BCUT2D eigenvalue weighted by Crippen LogP contribution is -2.35. The Morgan fingerprint density at radius 3 is 1.59 bits per heavy atom. The van der Waals surface area contributed by atoms with E-state index in [4.69, 9.17) is 15.2 Å². The Kier molecular flexibility index (Phi) is 18.4. The molecular weight excluding hydrogens is 1110 g/mol. The average molecular weight is 1170 g/mol. The molecule has 6 aromatic heterocycles. The number of nitrogens with zero attached hydrogens (tertiary/aromatic N) is 12. The molecule has 0 bridgehead atoms. The number of nitrogens with two attached hydrogens (primary N) is 1. The monoisotopic (exact) mass is 1170 g/mol. The number of pyridine rings is 2. The van der Waals surface area contributed by atoms with Gasteiger partial charge in [0.2, 0.25) is 21.6 Å². The Bertz CT molecular complexity index is 3040. The van der Waals surface area contributed by atoms with Crippen molar-refractivity contribution in [1.82, 2.24) is 58.6 Å². The second-order valence-electron chi connectivity index (χ2n) is 19.3. The third-order valence-electron chi connectivity index (χ3n) is 10.7. The fourth-order valence-corrected chi connectivity index (χ4v) is 8.02. The molecule has 75 heavy (non-hydrogen) atoms. The van der Waals surface area contributed by atoms with E-state index in [1.807, 2.05) is 86.0 Å². The molecule has 6 aromatic rings. The Labute approximate surface area is 440 Å². The lowest BCUT2D eigenvalue weighted by Gasteiger charge is -2.27. The third kappa shape index (κ3) is 18.1. The third-order valence-corrected chi connectivity index (χ3v) is 11.2. The van der Waals surface area contributed by atoms with Crippen molar-refractivity contribution in [2.75, 3.05) is 37.2 Å². The van der Waals surface area contributed by atoms with Gasteiger partial charge in [0, 0.05) is 97.5 Å². The molecule has 404 valence electrons. The summed E-state index contributed by atoms with van der Waals surface area (Å²) in [6.45, 7) is 12.2. The summed E-state index contributed by atoms with van der Waals surface area (Å²) in [5.41, 5.74) is 10.6. The summed E-state index contributed by atoms with van der Waals surface area (Å²) in [7, 11) is 0. The average Bonchev–Trinajstić information content (AvgIpc) is 4.12. The predicted molar refractivity (Wildman–Crippen MR) is 271 cm³/mol. The topological polar surface area (TPSA) is 227 Å². The summed E-state index contributed by atoms with van der Waals surface area (Å²) in [6, 6.07) is 7.52. The van der Waals surface area contributed by atoms with Crippen LogP contribution in [0.15, 0.2) is 73.6 Å². The van der Waals surface area contributed by atoms with Gasteiger partial charge in [0.25, 0.3) is 0 Å². The summed E-state index contributed by atoms with van der Waals surface area (Å²) in [6.07, 6.45) is 2.74. The normalized spacial score (nSPS) is 14.3. The van der Waals surface area contributed by atoms with Gasteiger partial charge in [-0.1, -0.05) is 12.2 Å². The lowest BCUT2D eigenvalue weighted by molar-refractivity contribution is -0.156. The molecule has 2 amide bonds. The van der Waals surface area contributed by atoms with E-state index in [1.54, 1.807) is 54.6 Å². The number of hydrogen-bond acceptors (Lipinski definition) is 14. The maximum atomic E-state index is 12.4. The van der Waals surface area contributed by atoms with E-state index in [0.717, 1.165) is 27.9 Å². The van der Waals surface area contributed by atoms with Gasteiger partial charge in [-0.3, -0.25) is 28.5 Å². The van der Waals surface area contributed by atoms with Gasteiger partial charge in [-0.05, 0) is 89.8 Å². The molecule has 27 heteroatoms. The number of esters is 2. The van der Waals surface area contributed by atoms with Gasteiger partial charge in [0.05, 0.1) is 36.6 Å². The first-order valence-electron chi connectivity index (χ1n) is 23.5. The predicted octanol–water partition coefficient (Wildman–Crippen LogP) is 8.07. The molecule has 0 aromatic carbocycles. The van der Waals surface area contributed by atoms with E-state index in [2.05, 4.69) is 35.7 Å². The molecule has 3 N–H and O–H groups in total. The Morgan fingerprint density at radius 1 is 0.680 bits per heavy atom. The standard InChI is InChI=1S/C24H28F3N7O3.C15H14F3IN4O.C9H15N3O2/c1-23(2,3)37-20(36)15-33-14-17(13-28-33)29-22-30-21-18(5-4-10-34(21)31-22)16-7-11-32(12-8-16)19(35)6-9-24(25,26)27;16-15(17,18)6-3-12(24)22-8-4-10(5-9-22)11-2-1-7-23-13(11)20-14(19)21-23;1-9(2,3)14-8(13)6-12-5-7(10)4-11-12/h4-5,7,10,13-14H,6,8-9,11-12,15H2,1-3H3,(H,29,31);1-2,4,7H,3,5-6,8-9H2;4-5H,6,10H2,1-3H3. The number of anilines is 3. The highest BCUT2D eigenvalue weighted by Gasteiger charge is 2.31. The molecule has 0 unspecified atom stereocenters. The summed E-state index contributed by atoms with van der Waals surface area (Å²) in [5, 5.41) is 19.8. The van der Waals surface area contributed by atoms with Crippen LogP contribution in [0.1, 0.15) is 91.2 Å². The number of carbonyl (C=O) groups is 4. The maximum Gasteiger partial charge on any atom is 0.389 e. The van der Waals surface area contributed by atoms with Gasteiger partial charge < -0.3 is 30.3 Å². The number of alkyl halides is 6. The van der Waals surface area contributed by atoms with E-state index >= 15 is 0 Å². The van der Waals surface area contributed by atoms with E-state index in [-0.39, 0.29) is 25.6 Å². The minimum atomic E-state index is -4.35. The van der Waals surface area contributed by atoms with Crippen LogP contribution in [0.4, 0.5) is 43.7 Å².